The average molecular weight is 459 g/mol. The molecule has 1 aromatic rings. The first-order valence-corrected chi connectivity index (χ1v) is 10.2. The fourth-order valence-corrected chi connectivity index (χ4v) is 3.78. The Morgan fingerprint density at radius 3 is 2.38 bits per heavy atom. The van der Waals surface area contributed by atoms with Crippen molar-refractivity contribution < 1.29 is 37.4 Å². The van der Waals surface area contributed by atoms with Crippen molar-refractivity contribution in [3.8, 4) is 0 Å². The van der Waals surface area contributed by atoms with Gasteiger partial charge in [-0.3, -0.25) is 9.59 Å². The van der Waals surface area contributed by atoms with Gasteiger partial charge in [-0.15, -0.1) is 0 Å². The number of ether oxygens (including phenoxy) is 1. The van der Waals surface area contributed by atoms with E-state index in [1.54, 1.807) is 13.2 Å². The number of carboxylic acid groups (broad SMARTS) is 1. The van der Waals surface area contributed by atoms with Crippen LogP contribution in [0.5, 0.6) is 0 Å². The molecule has 1 spiro atoms. The minimum absolute atomic E-state index is 0.0651. The number of amides is 2. The van der Waals surface area contributed by atoms with Crippen molar-refractivity contribution in [3.63, 3.8) is 0 Å². The van der Waals surface area contributed by atoms with Crippen LogP contribution in [0.15, 0.2) is 18.2 Å². The standard InChI is InChI=1S/C19H27N3O3.C2HF3O2/c1-13(2)20-17(23)14-4-5-16-15(12-14)19(18(24)21-16)6-8-22(9-7-19)10-11-25-3;3-2(4,5)1(6)7/h4-5,12-13H,6-11H2,1-3H3,(H,20,23)(H,21,24);(H,6,7). The van der Waals surface area contributed by atoms with Crippen molar-refractivity contribution in [1.82, 2.24) is 10.2 Å². The maximum absolute atomic E-state index is 12.7. The highest BCUT2D eigenvalue weighted by Gasteiger charge is 2.48. The largest absolute Gasteiger partial charge is 0.490 e. The van der Waals surface area contributed by atoms with E-state index >= 15 is 0 Å². The van der Waals surface area contributed by atoms with E-state index in [2.05, 4.69) is 15.5 Å². The van der Waals surface area contributed by atoms with Gasteiger partial charge in [0.15, 0.2) is 0 Å². The Bertz CT molecular complexity index is 850. The maximum atomic E-state index is 12.7. The van der Waals surface area contributed by atoms with Crippen molar-refractivity contribution >= 4 is 23.5 Å². The summed E-state index contributed by atoms with van der Waals surface area (Å²) < 4.78 is 36.9. The second-order valence-electron chi connectivity index (χ2n) is 8.06. The Morgan fingerprint density at radius 1 is 1.28 bits per heavy atom. The number of piperidine rings is 1. The smallest absolute Gasteiger partial charge is 0.475 e. The van der Waals surface area contributed by atoms with Crippen LogP contribution in [0, 0.1) is 0 Å². The molecule has 0 saturated carbocycles. The lowest BCUT2D eigenvalue weighted by atomic mass is 9.73. The number of aliphatic carboxylic acids is 1. The fraction of sp³-hybridized carbons (Fsp3) is 0.571. The van der Waals surface area contributed by atoms with Crippen LogP contribution in [0.1, 0.15) is 42.6 Å². The quantitative estimate of drug-likeness (QED) is 0.624. The highest BCUT2D eigenvalue weighted by Crippen LogP contribution is 2.45. The lowest BCUT2D eigenvalue weighted by Crippen LogP contribution is -2.47. The summed E-state index contributed by atoms with van der Waals surface area (Å²) in [7, 11) is 1.70. The number of carbonyl (C=O) groups is 3. The number of likely N-dealkylation sites (tertiary alicyclic amines) is 1. The van der Waals surface area contributed by atoms with E-state index in [0.29, 0.717) is 12.2 Å². The first kappa shape index (κ1) is 25.6. The number of nitrogens with zero attached hydrogens (tertiary/aromatic N) is 1. The third kappa shape index (κ3) is 5.98. The van der Waals surface area contributed by atoms with E-state index in [0.717, 1.165) is 43.7 Å². The van der Waals surface area contributed by atoms with Crippen LogP contribution in [0.4, 0.5) is 18.9 Å². The number of carbonyl (C=O) groups excluding carboxylic acids is 2. The number of carboxylic acids is 1. The molecule has 3 rings (SSSR count). The highest BCUT2D eigenvalue weighted by atomic mass is 19.4. The molecule has 0 unspecified atom stereocenters. The Kier molecular flexibility index (Phi) is 8.24. The van der Waals surface area contributed by atoms with Crippen LogP contribution >= 0.6 is 0 Å². The van der Waals surface area contributed by atoms with Gasteiger partial charge in [-0.05, 0) is 63.5 Å². The predicted octanol–water partition coefficient (Wildman–Crippen LogP) is 2.39. The van der Waals surface area contributed by atoms with Gasteiger partial charge in [0.2, 0.25) is 5.91 Å². The van der Waals surface area contributed by atoms with Gasteiger partial charge in [0, 0.05) is 30.9 Å². The molecule has 0 aromatic heterocycles. The summed E-state index contributed by atoms with van der Waals surface area (Å²) in [5, 5.41) is 13.1. The Hall–Kier alpha value is -2.66. The van der Waals surface area contributed by atoms with Crippen LogP contribution in [-0.4, -0.2) is 73.4 Å². The molecule has 8 nitrogen and oxygen atoms in total. The van der Waals surface area contributed by atoms with E-state index in [1.807, 2.05) is 26.0 Å². The number of nitrogens with one attached hydrogen (secondary N) is 2. The second-order valence-corrected chi connectivity index (χ2v) is 8.06. The molecule has 1 aromatic carbocycles. The summed E-state index contributed by atoms with van der Waals surface area (Å²) in [6.07, 6.45) is -3.55. The van der Waals surface area contributed by atoms with Gasteiger partial charge in [-0.2, -0.15) is 13.2 Å². The minimum atomic E-state index is -5.08. The Balaban J connectivity index is 0.000000451. The average Bonchev–Trinajstić information content (AvgIpc) is 2.97. The third-order valence-electron chi connectivity index (χ3n) is 5.46. The molecule has 2 aliphatic heterocycles. The molecule has 0 aliphatic carbocycles. The van der Waals surface area contributed by atoms with Crippen LogP contribution in [-0.2, 0) is 19.7 Å². The normalized spacial score (nSPS) is 17.4. The predicted molar refractivity (Wildman–Crippen MR) is 111 cm³/mol. The number of benzene rings is 1. The summed E-state index contributed by atoms with van der Waals surface area (Å²) >= 11 is 0. The van der Waals surface area contributed by atoms with Crippen molar-refractivity contribution in [2.75, 3.05) is 38.7 Å². The number of fused-ring (bicyclic) bond motifs is 2. The maximum Gasteiger partial charge on any atom is 0.490 e. The molecule has 32 heavy (non-hydrogen) atoms. The zero-order valence-electron chi connectivity index (χ0n) is 18.2. The zero-order chi connectivity index (χ0) is 24.1. The Morgan fingerprint density at radius 2 is 1.88 bits per heavy atom. The molecule has 2 aliphatic rings. The van der Waals surface area contributed by atoms with E-state index in [9.17, 15) is 22.8 Å². The van der Waals surface area contributed by atoms with E-state index < -0.39 is 17.6 Å². The summed E-state index contributed by atoms with van der Waals surface area (Å²) in [5.41, 5.74) is 1.93. The Labute approximate surface area is 184 Å². The minimum Gasteiger partial charge on any atom is -0.475 e. The number of anilines is 1. The van der Waals surface area contributed by atoms with Gasteiger partial charge >= 0.3 is 12.1 Å². The number of halogens is 3. The fourth-order valence-electron chi connectivity index (χ4n) is 3.78. The van der Waals surface area contributed by atoms with Crippen LogP contribution in [0.2, 0.25) is 0 Å². The van der Waals surface area contributed by atoms with Gasteiger partial charge in [0.05, 0.1) is 12.0 Å². The summed E-state index contributed by atoms with van der Waals surface area (Å²) in [6.45, 7) is 7.19. The lowest BCUT2D eigenvalue weighted by Gasteiger charge is -2.38. The van der Waals surface area contributed by atoms with Gasteiger partial charge in [-0.1, -0.05) is 0 Å². The monoisotopic (exact) mass is 459 g/mol. The van der Waals surface area contributed by atoms with Crippen molar-refractivity contribution in [1.29, 1.82) is 0 Å². The molecule has 0 radical (unpaired) electrons. The first-order chi connectivity index (χ1) is 14.9. The third-order valence-corrected chi connectivity index (χ3v) is 5.46. The van der Waals surface area contributed by atoms with Crippen molar-refractivity contribution in [2.24, 2.45) is 0 Å². The molecule has 3 N–H and O–H groups in total. The van der Waals surface area contributed by atoms with Gasteiger partial charge in [-0.25, -0.2) is 4.79 Å². The molecule has 0 bridgehead atoms. The van der Waals surface area contributed by atoms with Crippen molar-refractivity contribution in [2.45, 2.75) is 44.3 Å². The first-order valence-electron chi connectivity index (χ1n) is 10.2. The van der Waals surface area contributed by atoms with E-state index in [4.69, 9.17) is 14.6 Å². The SMILES string of the molecule is COCCN1CCC2(CC1)C(=O)Nc1ccc(C(=O)NC(C)C)cc12.O=C(O)C(F)(F)F. The van der Waals surface area contributed by atoms with Gasteiger partial charge in [0.1, 0.15) is 0 Å². The molecule has 0 atom stereocenters. The number of hydrogen-bond donors (Lipinski definition) is 3. The number of alkyl halides is 3. The van der Waals surface area contributed by atoms with Crippen LogP contribution < -0.4 is 10.6 Å². The highest BCUT2D eigenvalue weighted by molar-refractivity contribution is 6.07. The summed E-state index contributed by atoms with van der Waals surface area (Å²) in [6, 6.07) is 5.62. The molecular formula is C21H28F3N3O5. The molecular weight excluding hydrogens is 431 g/mol. The van der Waals surface area contributed by atoms with E-state index in [-0.39, 0.29) is 17.9 Å². The number of rotatable bonds is 5. The molecule has 11 heteroatoms. The number of hydrogen-bond acceptors (Lipinski definition) is 5. The summed E-state index contributed by atoms with van der Waals surface area (Å²) in [5.74, 6) is -2.78. The van der Waals surface area contributed by atoms with Gasteiger partial charge in [0.25, 0.3) is 5.91 Å². The van der Waals surface area contributed by atoms with Crippen LogP contribution in [0.3, 0.4) is 0 Å². The van der Waals surface area contributed by atoms with Crippen molar-refractivity contribution in [3.05, 3.63) is 29.3 Å². The molecule has 1 saturated heterocycles. The molecule has 2 heterocycles. The van der Waals surface area contributed by atoms with Gasteiger partial charge < -0.3 is 25.4 Å². The van der Waals surface area contributed by atoms with Crippen LogP contribution in [0.25, 0.3) is 0 Å². The molecule has 178 valence electrons. The second kappa shape index (κ2) is 10.3. The lowest BCUT2D eigenvalue weighted by molar-refractivity contribution is -0.192. The number of methoxy groups -OCH3 is 1. The van der Waals surface area contributed by atoms with E-state index in [1.165, 1.54) is 0 Å². The molecule has 2 amide bonds. The topological polar surface area (TPSA) is 108 Å². The zero-order valence-corrected chi connectivity index (χ0v) is 18.2. The summed E-state index contributed by atoms with van der Waals surface area (Å²) in [4.78, 5) is 36.3. The molecule has 1 fully saturated rings.